The number of halogens is 1. The minimum absolute atomic E-state index is 0.0905. The molecule has 0 bridgehead atoms. The van der Waals surface area contributed by atoms with Crippen molar-refractivity contribution in [3.05, 3.63) is 35.6 Å². The first-order chi connectivity index (χ1) is 9.50. The van der Waals surface area contributed by atoms with Gasteiger partial charge in [0.15, 0.2) is 0 Å². The molecule has 2 atom stereocenters. The van der Waals surface area contributed by atoms with E-state index in [-0.39, 0.29) is 17.7 Å². The van der Waals surface area contributed by atoms with Gasteiger partial charge in [0.05, 0.1) is 5.75 Å². The second-order valence-corrected chi connectivity index (χ2v) is 7.15. The molecule has 3 N–H and O–H groups in total. The summed E-state index contributed by atoms with van der Waals surface area (Å²) in [7, 11) is -3.47. The van der Waals surface area contributed by atoms with Crippen molar-refractivity contribution in [3.8, 4) is 0 Å². The first-order valence-electron chi connectivity index (χ1n) is 6.95. The summed E-state index contributed by atoms with van der Waals surface area (Å²) < 4.78 is 40.2. The maximum atomic E-state index is 13.1. The molecule has 112 valence electrons. The zero-order valence-electron chi connectivity index (χ0n) is 11.4. The Labute approximate surface area is 119 Å². The second-order valence-electron chi connectivity index (χ2n) is 5.39. The molecule has 1 aromatic rings. The molecule has 0 spiro atoms. The summed E-state index contributed by atoms with van der Waals surface area (Å²) >= 11 is 0. The van der Waals surface area contributed by atoms with Crippen LogP contribution < -0.4 is 10.5 Å². The predicted octanol–water partition coefficient (Wildman–Crippen LogP) is 1.76. The van der Waals surface area contributed by atoms with Gasteiger partial charge in [-0.15, -0.1) is 0 Å². The fraction of sp³-hybridized carbons (Fsp3) is 0.571. The zero-order chi connectivity index (χ0) is 14.6. The maximum Gasteiger partial charge on any atom is 0.216 e. The maximum absolute atomic E-state index is 13.1. The molecule has 0 heterocycles. The fourth-order valence-electron chi connectivity index (χ4n) is 2.76. The van der Waals surface area contributed by atoms with Crippen LogP contribution in [-0.4, -0.2) is 21.0 Å². The number of sulfonamides is 1. The van der Waals surface area contributed by atoms with Crippen molar-refractivity contribution < 1.29 is 12.8 Å². The molecule has 4 nitrogen and oxygen atoms in total. The van der Waals surface area contributed by atoms with E-state index in [4.69, 9.17) is 5.73 Å². The monoisotopic (exact) mass is 300 g/mol. The Balaban J connectivity index is 2.03. The Bertz CT molecular complexity index is 548. The van der Waals surface area contributed by atoms with E-state index in [1.165, 1.54) is 18.2 Å². The normalized spacial score (nSPS) is 23.7. The van der Waals surface area contributed by atoms with Gasteiger partial charge in [0.2, 0.25) is 10.0 Å². The Morgan fingerprint density at radius 3 is 2.75 bits per heavy atom. The zero-order valence-corrected chi connectivity index (χ0v) is 12.2. The Hall–Kier alpha value is -0.980. The van der Waals surface area contributed by atoms with E-state index in [1.54, 1.807) is 6.07 Å². The molecule has 1 aromatic carbocycles. The van der Waals surface area contributed by atoms with Crippen molar-refractivity contribution in [2.75, 3.05) is 6.54 Å². The summed E-state index contributed by atoms with van der Waals surface area (Å²) in [6.45, 7) is 0.493. The molecule has 0 aromatic heterocycles. The van der Waals surface area contributed by atoms with Crippen molar-refractivity contribution >= 4 is 10.0 Å². The highest BCUT2D eigenvalue weighted by Gasteiger charge is 2.27. The Morgan fingerprint density at radius 2 is 2.05 bits per heavy atom. The summed E-state index contributed by atoms with van der Waals surface area (Å²) in [4.78, 5) is 0. The number of hydrogen-bond acceptors (Lipinski definition) is 3. The average molecular weight is 300 g/mol. The molecule has 0 amide bonds. The molecule has 1 saturated carbocycles. The second kappa shape index (κ2) is 6.65. The lowest BCUT2D eigenvalue weighted by Crippen LogP contribution is -2.45. The quantitative estimate of drug-likeness (QED) is 0.870. The van der Waals surface area contributed by atoms with Crippen LogP contribution in [0.2, 0.25) is 0 Å². The summed E-state index contributed by atoms with van der Waals surface area (Å²) in [6, 6.07) is 5.59. The van der Waals surface area contributed by atoms with E-state index in [0.29, 0.717) is 12.1 Å². The number of benzene rings is 1. The van der Waals surface area contributed by atoms with Gasteiger partial charge in [-0.3, -0.25) is 0 Å². The molecule has 2 unspecified atom stereocenters. The van der Waals surface area contributed by atoms with Crippen molar-refractivity contribution in [2.24, 2.45) is 11.7 Å². The van der Waals surface area contributed by atoms with Crippen LogP contribution in [0.5, 0.6) is 0 Å². The minimum Gasteiger partial charge on any atom is -0.330 e. The lowest BCUT2D eigenvalue weighted by atomic mass is 9.85. The molecular weight excluding hydrogens is 279 g/mol. The summed E-state index contributed by atoms with van der Waals surface area (Å²) in [5.74, 6) is -0.417. The standard InChI is InChI=1S/C14H21FN2O2S/c15-13-6-3-4-11(8-13)10-20(18,19)17-14-7-2-1-5-12(14)9-16/h3-4,6,8,12,14,17H,1-2,5,7,9-10,16H2. The van der Waals surface area contributed by atoms with E-state index < -0.39 is 15.8 Å². The molecule has 1 aliphatic rings. The van der Waals surface area contributed by atoms with E-state index in [9.17, 15) is 12.8 Å². The van der Waals surface area contributed by atoms with Gasteiger partial charge < -0.3 is 5.73 Å². The van der Waals surface area contributed by atoms with Crippen molar-refractivity contribution in [1.82, 2.24) is 4.72 Å². The highest BCUT2D eigenvalue weighted by atomic mass is 32.2. The lowest BCUT2D eigenvalue weighted by Gasteiger charge is -2.31. The first-order valence-corrected chi connectivity index (χ1v) is 8.60. The van der Waals surface area contributed by atoms with Crippen LogP contribution in [0.3, 0.4) is 0 Å². The lowest BCUT2D eigenvalue weighted by molar-refractivity contribution is 0.296. The van der Waals surface area contributed by atoms with E-state index >= 15 is 0 Å². The average Bonchev–Trinajstić information content (AvgIpc) is 2.38. The molecule has 2 rings (SSSR count). The molecule has 0 aliphatic heterocycles. The number of hydrogen-bond donors (Lipinski definition) is 2. The Kier molecular flexibility index (Phi) is 5.12. The largest absolute Gasteiger partial charge is 0.330 e. The van der Waals surface area contributed by atoms with Gasteiger partial charge in [-0.2, -0.15) is 0 Å². The number of nitrogens with two attached hydrogens (primary N) is 1. The first kappa shape index (κ1) is 15.4. The van der Waals surface area contributed by atoms with Gasteiger partial charge in [-0.25, -0.2) is 17.5 Å². The van der Waals surface area contributed by atoms with Crippen molar-refractivity contribution in [1.29, 1.82) is 0 Å². The molecule has 0 radical (unpaired) electrons. The van der Waals surface area contributed by atoms with E-state index in [0.717, 1.165) is 25.7 Å². The highest BCUT2D eigenvalue weighted by Crippen LogP contribution is 2.24. The number of rotatable bonds is 5. The molecule has 20 heavy (non-hydrogen) atoms. The molecule has 1 fully saturated rings. The molecule has 6 heteroatoms. The van der Waals surface area contributed by atoms with Crippen molar-refractivity contribution in [2.45, 2.75) is 37.5 Å². The third kappa shape index (κ3) is 4.26. The predicted molar refractivity (Wildman–Crippen MR) is 77.0 cm³/mol. The van der Waals surface area contributed by atoms with Gasteiger partial charge in [-0.1, -0.05) is 25.0 Å². The SMILES string of the molecule is NCC1CCCCC1NS(=O)(=O)Cc1cccc(F)c1. The Morgan fingerprint density at radius 1 is 1.30 bits per heavy atom. The summed E-state index contributed by atoms with van der Waals surface area (Å²) in [5, 5.41) is 0. The van der Waals surface area contributed by atoms with E-state index in [2.05, 4.69) is 4.72 Å². The smallest absolute Gasteiger partial charge is 0.216 e. The van der Waals surface area contributed by atoms with Crippen LogP contribution in [0, 0.1) is 11.7 Å². The molecule has 1 aliphatic carbocycles. The van der Waals surface area contributed by atoms with Gasteiger partial charge in [0.25, 0.3) is 0 Å². The summed E-state index contributed by atoms with van der Waals surface area (Å²) in [5.41, 5.74) is 6.16. The van der Waals surface area contributed by atoms with Crippen LogP contribution in [0.15, 0.2) is 24.3 Å². The minimum atomic E-state index is -3.47. The topological polar surface area (TPSA) is 72.2 Å². The van der Waals surface area contributed by atoms with Gasteiger partial charge in [0, 0.05) is 6.04 Å². The van der Waals surface area contributed by atoms with Gasteiger partial charge in [0.1, 0.15) is 5.82 Å². The van der Waals surface area contributed by atoms with Crippen molar-refractivity contribution in [3.63, 3.8) is 0 Å². The van der Waals surface area contributed by atoms with Crippen LogP contribution in [0.1, 0.15) is 31.2 Å². The van der Waals surface area contributed by atoms with Gasteiger partial charge in [-0.05, 0) is 43.0 Å². The summed E-state index contributed by atoms with van der Waals surface area (Å²) in [6.07, 6.45) is 3.90. The van der Waals surface area contributed by atoms with Gasteiger partial charge >= 0.3 is 0 Å². The van der Waals surface area contributed by atoms with E-state index in [1.807, 2.05) is 0 Å². The van der Waals surface area contributed by atoms with Crippen LogP contribution >= 0.6 is 0 Å². The third-order valence-corrected chi connectivity index (χ3v) is 5.16. The van der Waals surface area contributed by atoms with Crippen LogP contribution in [0.4, 0.5) is 4.39 Å². The number of nitrogens with one attached hydrogen (secondary N) is 1. The van der Waals surface area contributed by atoms with Crippen LogP contribution in [-0.2, 0) is 15.8 Å². The molecule has 0 saturated heterocycles. The third-order valence-electron chi connectivity index (χ3n) is 3.79. The molecular formula is C14H21FN2O2S. The van der Waals surface area contributed by atoms with Crippen LogP contribution in [0.25, 0.3) is 0 Å². The fourth-order valence-corrected chi connectivity index (χ4v) is 4.24. The highest BCUT2D eigenvalue weighted by molar-refractivity contribution is 7.88.